The van der Waals surface area contributed by atoms with Gasteiger partial charge < -0.3 is 15.4 Å². The van der Waals surface area contributed by atoms with Gasteiger partial charge in [-0.15, -0.1) is 0 Å². The second-order valence-corrected chi connectivity index (χ2v) is 7.35. The molecule has 3 aromatic rings. The summed E-state index contributed by atoms with van der Waals surface area (Å²) >= 11 is 0. The fourth-order valence-corrected chi connectivity index (χ4v) is 3.39. The topological polar surface area (TPSA) is 74.2 Å². The van der Waals surface area contributed by atoms with Gasteiger partial charge in [0.05, 0.1) is 5.56 Å². The number of benzene rings is 3. The molecular formula is C26H27N3O2. The summed E-state index contributed by atoms with van der Waals surface area (Å²) in [7, 11) is 0. The molecule has 0 aromatic heterocycles. The SMILES string of the molecule is CC(=O)NCCNCc1ccc(OCc2cccc(-c3ccccc3)c2C)c(C#N)c1. The minimum absolute atomic E-state index is 0.0420. The highest BCUT2D eigenvalue weighted by Crippen LogP contribution is 2.27. The number of amides is 1. The molecule has 31 heavy (non-hydrogen) atoms. The maximum Gasteiger partial charge on any atom is 0.216 e. The molecule has 0 aliphatic carbocycles. The summed E-state index contributed by atoms with van der Waals surface area (Å²) in [4.78, 5) is 10.9. The lowest BCUT2D eigenvalue weighted by Gasteiger charge is -2.14. The van der Waals surface area contributed by atoms with Crippen LogP contribution in [0.15, 0.2) is 66.7 Å². The molecule has 0 spiro atoms. The summed E-state index contributed by atoms with van der Waals surface area (Å²) in [6.07, 6.45) is 0. The zero-order valence-electron chi connectivity index (χ0n) is 17.9. The van der Waals surface area contributed by atoms with Crippen LogP contribution in [0, 0.1) is 18.3 Å². The summed E-state index contributed by atoms with van der Waals surface area (Å²) in [6.45, 7) is 5.85. The Bertz CT molecular complexity index is 1070. The Morgan fingerprint density at radius 3 is 2.58 bits per heavy atom. The van der Waals surface area contributed by atoms with Crippen molar-refractivity contribution >= 4 is 5.91 Å². The van der Waals surface area contributed by atoms with Crippen molar-refractivity contribution in [3.63, 3.8) is 0 Å². The van der Waals surface area contributed by atoms with E-state index >= 15 is 0 Å². The van der Waals surface area contributed by atoms with Crippen LogP contribution in [0.1, 0.15) is 29.2 Å². The van der Waals surface area contributed by atoms with E-state index < -0.39 is 0 Å². The van der Waals surface area contributed by atoms with E-state index in [0.29, 0.717) is 37.6 Å². The molecule has 5 heteroatoms. The molecule has 0 saturated heterocycles. The third kappa shape index (κ3) is 6.18. The minimum atomic E-state index is -0.0420. The molecule has 1 amide bonds. The smallest absolute Gasteiger partial charge is 0.216 e. The first-order chi connectivity index (χ1) is 15.1. The zero-order chi connectivity index (χ0) is 22.1. The molecule has 0 atom stereocenters. The van der Waals surface area contributed by atoms with Crippen LogP contribution in [0.25, 0.3) is 11.1 Å². The normalized spacial score (nSPS) is 10.4. The summed E-state index contributed by atoms with van der Waals surface area (Å²) < 4.78 is 6.02. The molecular weight excluding hydrogens is 386 g/mol. The molecule has 0 bridgehead atoms. The van der Waals surface area contributed by atoms with Crippen molar-refractivity contribution in [1.82, 2.24) is 10.6 Å². The third-order valence-corrected chi connectivity index (χ3v) is 5.08. The largest absolute Gasteiger partial charge is 0.488 e. The van der Waals surface area contributed by atoms with E-state index in [0.717, 1.165) is 11.1 Å². The minimum Gasteiger partial charge on any atom is -0.488 e. The zero-order valence-corrected chi connectivity index (χ0v) is 17.9. The quantitative estimate of drug-likeness (QED) is 0.512. The van der Waals surface area contributed by atoms with Crippen molar-refractivity contribution in [2.75, 3.05) is 13.1 Å². The lowest BCUT2D eigenvalue weighted by molar-refractivity contribution is -0.118. The fraction of sp³-hybridized carbons (Fsp3) is 0.231. The van der Waals surface area contributed by atoms with E-state index in [9.17, 15) is 10.1 Å². The maximum absolute atomic E-state index is 10.9. The highest BCUT2D eigenvalue weighted by atomic mass is 16.5. The number of carbonyl (C=O) groups excluding carboxylic acids is 1. The van der Waals surface area contributed by atoms with Gasteiger partial charge in [-0.25, -0.2) is 0 Å². The number of nitriles is 1. The van der Waals surface area contributed by atoms with Gasteiger partial charge in [-0.05, 0) is 46.9 Å². The van der Waals surface area contributed by atoms with Crippen LogP contribution < -0.4 is 15.4 Å². The molecule has 0 aliphatic heterocycles. The third-order valence-electron chi connectivity index (χ3n) is 5.08. The summed E-state index contributed by atoms with van der Waals surface area (Å²) in [5.41, 5.74) is 6.13. The van der Waals surface area contributed by atoms with Gasteiger partial charge in [0.2, 0.25) is 5.91 Å². The molecule has 0 aliphatic rings. The number of hydrogen-bond donors (Lipinski definition) is 2. The Balaban J connectivity index is 1.64. The fourth-order valence-electron chi connectivity index (χ4n) is 3.39. The Morgan fingerprint density at radius 2 is 1.84 bits per heavy atom. The van der Waals surface area contributed by atoms with Gasteiger partial charge in [0.25, 0.3) is 0 Å². The number of nitrogens with one attached hydrogen (secondary N) is 2. The Hall–Kier alpha value is -3.62. The summed E-state index contributed by atoms with van der Waals surface area (Å²) in [6, 6.07) is 24.4. The molecule has 158 valence electrons. The van der Waals surface area contributed by atoms with Gasteiger partial charge in [-0.3, -0.25) is 4.79 Å². The van der Waals surface area contributed by atoms with Crippen LogP contribution in [-0.4, -0.2) is 19.0 Å². The standard InChI is InChI=1S/C26H27N3O2/c1-19-23(9-6-10-25(19)22-7-4-3-5-8-22)18-31-26-12-11-21(15-24(26)16-27)17-28-13-14-29-20(2)30/h3-12,15,28H,13-14,17-18H2,1-2H3,(H,29,30). The molecule has 3 aromatic carbocycles. The molecule has 2 N–H and O–H groups in total. The van der Waals surface area contributed by atoms with Crippen molar-refractivity contribution in [3.05, 3.63) is 89.0 Å². The van der Waals surface area contributed by atoms with E-state index in [4.69, 9.17) is 4.74 Å². The molecule has 0 heterocycles. The van der Waals surface area contributed by atoms with Crippen LogP contribution >= 0.6 is 0 Å². The Kier molecular flexibility index (Phi) is 7.80. The second-order valence-electron chi connectivity index (χ2n) is 7.35. The van der Waals surface area contributed by atoms with Gasteiger partial charge >= 0.3 is 0 Å². The van der Waals surface area contributed by atoms with E-state index in [1.165, 1.54) is 23.6 Å². The first kappa shape index (κ1) is 22.1. The van der Waals surface area contributed by atoms with E-state index in [1.807, 2.05) is 42.5 Å². The highest BCUT2D eigenvalue weighted by molar-refractivity contribution is 5.72. The molecule has 3 rings (SSSR count). The van der Waals surface area contributed by atoms with Crippen molar-refractivity contribution in [3.8, 4) is 22.9 Å². The first-order valence-electron chi connectivity index (χ1n) is 10.3. The average molecular weight is 414 g/mol. The average Bonchev–Trinajstić information content (AvgIpc) is 2.79. The van der Waals surface area contributed by atoms with Crippen molar-refractivity contribution in [2.24, 2.45) is 0 Å². The highest BCUT2D eigenvalue weighted by Gasteiger charge is 2.09. The van der Waals surface area contributed by atoms with Crippen LogP contribution in [0.2, 0.25) is 0 Å². The molecule has 0 fully saturated rings. The monoisotopic (exact) mass is 413 g/mol. The lowest BCUT2D eigenvalue weighted by atomic mass is 9.97. The predicted molar refractivity (Wildman–Crippen MR) is 122 cm³/mol. The van der Waals surface area contributed by atoms with Crippen LogP contribution in [0.3, 0.4) is 0 Å². The molecule has 5 nitrogen and oxygen atoms in total. The Labute approximate surface area is 183 Å². The van der Waals surface area contributed by atoms with Crippen LogP contribution in [-0.2, 0) is 17.9 Å². The van der Waals surface area contributed by atoms with Crippen molar-refractivity contribution in [1.29, 1.82) is 5.26 Å². The predicted octanol–water partition coefficient (Wildman–Crippen LogP) is 4.34. The van der Waals surface area contributed by atoms with Gasteiger partial charge in [-0.2, -0.15) is 5.26 Å². The summed E-state index contributed by atoms with van der Waals surface area (Å²) in [5.74, 6) is 0.536. The molecule has 0 radical (unpaired) electrons. The van der Waals surface area contributed by atoms with Gasteiger partial charge in [-0.1, -0.05) is 54.6 Å². The van der Waals surface area contributed by atoms with Gasteiger partial charge in [0, 0.05) is 26.6 Å². The summed E-state index contributed by atoms with van der Waals surface area (Å²) in [5, 5.41) is 15.6. The molecule has 0 unspecified atom stereocenters. The van der Waals surface area contributed by atoms with Gasteiger partial charge in [0.15, 0.2) is 0 Å². The first-order valence-corrected chi connectivity index (χ1v) is 10.3. The number of nitrogens with zero attached hydrogens (tertiary/aromatic N) is 1. The Morgan fingerprint density at radius 1 is 1.03 bits per heavy atom. The van der Waals surface area contributed by atoms with Crippen molar-refractivity contribution < 1.29 is 9.53 Å². The maximum atomic E-state index is 10.9. The van der Waals surface area contributed by atoms with Gasteiger partial charge in [0.1, 0.15) is 18.4 Å². The number of hydrogen-bond acceptors (Lipinski definition) is 4. The van der Waals surface area contributed by atoms with Crippen LogP contribution in [0.5, 0.6) is 5.75 Å². The lowest BCUT2D eigenvalue weighted by Crippen LogP contribution is -2.29. The van der Waals surface area contributed by atoms with E-state index in [1.54, 1.807) is 0 Å². The van der Waals surface area contributed by atoms with Crippen molar-refractivity contribution in [2.45, 2.75) is 27.0 Å². The number of ether oxygens (including phenoxy) is 1. The molecule has 0 saturated carbocycles. The number of carbonyl (C=O) groups is 1. The van der Waals surface area contributed by atoms with E-state index in [2.05, 4.69) is 47.9 Å². The van der Waals surface area contributed by atoms with E-state index in [-0.39, 0.29) is 5.91 Å². The number of rotatable bonds is 9. The van der Waals surface area contributed by atoms with Crippen LogP contribution in [0.4, 0.5) is 0 Å². The second kappa shape index (κ2) is 11.0.